The van der Waals surface area contributed by atoms with E-state index in [4.69, 9.17) is 10.5 Å². The molecule has 12 nitrogen and oxygen atoms in total. The lowest BCUT2D eigenvalue weighted by Crippen LogP contribution is -2.62. The molecule has 6 rings (SSSR count). The number of rotatable bonds is 12. The predicted molar refractivity (Wildman–Crippen MR) is 202 cm³/mol. The van der Waals surface area contributed by atoms with Crippen LogP contribution in [0.1, 0.15) is 132 Å². The molecule has 0 aromatic carbocycles. The molecule has 3 unspecified atom stereocenters. The number of fused-ring (bicyclic) bond motifs is 1. The number of primary amides is 1. The van der Waals surface area contributed by atoms with E-state index in [9.17, 15) is 24.0 Å². The van der Waals surface area contributed by atoms with E-state index in [0.717, 1.165) is 70.8 Å². The topological polar surface area (TPSA) is 163 Å². The molecule has 2 aliphatic heterocycles. The Balaban J connectivity index is 1.23. The minimum absolute atomic E-state index is 0.0600. The Kier molecular flexibility index (Phi) is 11.1. The first-order valence-corrected chi connectivity index (χ1v) is 20.7. The highest BCUT2D eigenvalue weighted by Gasteiger charge is 2.85. The van der Waals surface area contributed by atoms with Crippen molar-refractivity contribution in [1.82, 2.24) is 25.8 Å². The van der Waals surface area contributed by atoms with Crippen molar-refractivity contribution >= 4 is 29.5 Å². The van der Waals surface area contributed by atoms with Gasteiger partial charge in [0, 0.05) is 36.6 Å². The van der Waals surface area contributed by atoms with Crippen molar-refractivity contribution in [2.24, 2.45) is 39.2 Å². The minimum atomic E-state index is -1.06. The molecule has 5 N–H and O–H groups in total. The fourth-order valence-electron chi connectivity index (χ4n) is 11.3. The molecule has 0 aromatic heterocycles. The van der Waals surface area contributed by atoms with E-state index in [1.54, 1.807) is 4.90 Å². The van der Waals surface area contributed by atoms with Gasteiger partial charge in [-0.25, -0.2) is 4.79 Å². The molecule has 6 aliphatic rings. The number of carbonyl (C=O) groups is 5. The number of likely N-dealkylation sites (tertiary alicyclic amines) is 1. The summed E-state index contributed by atoms with van der Waals surface area (Å²) in [6.45, 7) is 18.0. The van der Waals surface area contributed by atoms with Gasteiger partial charge in [-0.05, 0) is 80.5 Å². The number of nitrogens with one attached hydrogen (secondary N) is 3. The normalized spacial score (nSPS) is 29.7. The van der Waals surface area contributed by atoms with E-state index < -0.39 is 41.1 Å². The lowest BCUT2D eigenvalue weighted by Gasteiger charge is -2.45. The third kappa shape index (κ3) is 7.36. The Morgan fingerprint density at radius 1 is 0.868 bits per heavy atom. The van der Waals surface area contributed by atoms with Gasteiger partial charge in [0.1, 0.15) is 12.1 Å². The van der Waals surface area contributed by atoms with E-state index in [1.165, 1.54) is 6.42 Å². The molecular weight excluding hydrogens is 672 g/mol. The number of nitrogens with two attached hydrogens (primary N) is 1. The zero-order valence-electron chi connectivity index (χ0n) is 33.6. The molecule has 53 heavy (non-hydrogen) atoms. The monoisotopic (exact) mass is 741 g/mol. The number of morpholine rings is 1. The lowest BCUT2D eigenvalue weighted by atomic mass is 9.73. The lowest BCUT2D eigenvalue weighted by molar-refractivity contribution is -0.143. The maximum absolute atomic E-state index is 15.0. The van der Waals surface area contributed by atoms with Gasteiger partial charge in [-0.15, -0.1) is 0 Å². The van der Waals surface area contributed by atoms with Gasteiger partial charge in [0.2, 0.25) is 17.6 Å². The molecule has 298 valence electrons. The smallest absolute Gasteiger partial charge is 0.315 e. The summed E-state index contributed by atoms with van der Waals surface area (Å²) in [7, 11) is 0. The maximum Gasteiger partial charge on any atom is 0.315 e. The average Bonchev–Trinajstić information content (AvgIpc) is 3.26. The van der Waals surface area contributed by atoms with Crippen LogP contribution in [0.5, 0.6) is 0 Å². The molecule has 5 amide bonds. The van der Waals surface area contributed by atoms with E-state index in [2.05, 4.69) is 48.5 Å². The standard InChI is InChI=1S/C41H68N6O6/c1-37(2,3)32(45-36(52)44-29(27-15-9-8-10-16-27)23-46-19-20-53-25-38(46,4)5)35(51)47-24-41(39(6,7)40(41)17-12-18-40)22-30(47)34(50)43-28(31(48)33(42)49)21-26-13-11-14-26/h26-30,32H,8-25H2,1-7H3,(H2,42,49)(H,43,50)(H2,44,45,52)/t28?,29-,30?,32+,41?/m1/s1. The highest BCUT2D eigenvalue weighted by molar-refractivity contribution is 6.37. The minimum Gasteiger partial charge on any atom is -0.378 e. The Labute approximate surface area is 317 Å². The average molecular weight is 741 g/mol. The molecule has 12 heteroatoms. The highest BCUT2D eigenvalue weighted by atomic mass is 16.5. The van der Waals surface area contributed by atoms with Crippen molar-refractivity contribution in [2.75, 3.05) is 32.8 Å². The second kappa shape index (κ2) is 14.7. The summed E-state index contributed by atoms with van der Waals surface area (Å²) in [4.78, 5) is 72.6. The van der Waals surface area contributed by atoms with Gasteiger partial charge in [-0.2, -0.15) is 0 Å². The largest absolute Gasteiger partial charge is 0.378 e. The zero-order valence-corrected chi connectivity index (χ0v) is 33.6. The van der Waals surface area contributed by atoms with Crippen LogP contribution in [0.2, 0.25) is 0 Å². The molecule has 2 spiro atoms. The first kappa shape index (κ1) is 39.9. The van der Waals surface area contributed by atoms with Crippen molar-refractivity contribution in [3.8, 4) is 0 Å². The van der Waals surface area contributed by atoms with Crippen molar-refractivity contribution < 1.29 is 28.7 Å². The number of carbonyl (C=O) groups excluding carboxylic acids is 5. The van der Waals surface area contributed by atoms with Gasteiger partial charge in [-0.3, -0.25) is 24.1 Å². The molecule has 5 atom stereocenters. The van der Waals surface area contributed by atoms with Crippen LogP contribution in [-0.2, 0) is 23.9 Å². The number of ether oxygens (including phenoxy) is 1. The van der Waals surface area contributed by atoms with Crippen LogP contribution in [0.3, 0.4) is 0 Å². The van der Waals surface area contributed by atoms with Crippen LogP contribution >= 0.6 is 0 Å². The summed E-state index contributed by atoms with van der Waals surface area (Å²) in [5, 5.41) is 9.37. The number of urea groups is 1. The SMILES string of the molecule is CC(C)(C)[C@@H](NC(=O)N[C@H](CN1CCOCC1(C)C)C1CCCCC1)C(=O)N1CC2(CC1C(=O)NC(CC1CCC1)C(=O)C(N)=O)C(C)(C)C21CCC1. The van der Waals surface area contributed by atoms with Crippen LogP contribution < -0.4 is 21.7 Å². The number of Topliss-reactive ketones (excluding diaryl/α,β-unsaturated/α-hetero) is 1. The number of hydrogen-bond donors (Lipinski definition) is 4. The van der Waals surface area contributed by atoms with Crippen LogP contribution in [0.4, 0.5) is 4.79 Å². The Bertz CT molecular complexity index is 1430. The highest BCUT2D eigenvalue weighted by Crippen LogP contribution is 2.88. The molecule has 6 fully saturated rings. The van der Waals surface area contributed by atoms with Gasteiger partial charge in [0.25, 0.3) is 5.91 Å². The first-order chi connectivity index (χ1) is 24.8. The second-order valence-corrected chi connectivity index (χ2v) is 19.9. The third-order valence-electron chi connectivity index (χ3n) is 15.2. The van der Waals surface area contributed by atoms with Crippen molar-refractivity contribution in [1.29, 1.82) is 0 Å². The molecule has 4 saturated carbocycles. The van der Waals surface area contributed by atoms with Crippen LogP contribution in [0.15, 0.2) is 0 Å². The van der Waals surface area contributed by atoms with Crippen LogP contribution in [0.25, 0.3) is 0 Å². The summed E-state index contributed by atoms with van der Waals surface area (Å²) in [5.74, 6) is -1.98. The molecule has 0 radical (unpaired) electrons. The van der Waals surface area contributed by atoms with Gasteiger partial charge < -0.3 is 31.3 Å². The summed E-state index contributed by atoms with van der Waals surface area (Å²) < 4.78 is 5.79. The maximum atomic E-state index is 15.0. The summed E-state index contributed by atoms with van der Waals surface area (Å²) in [6, 6.07) is -3.21. The van der Waals surface area contributed by atoms with Gasteiger partial charge in [0.05, 0.1) is 19.3 Å². The summed E-state index contributed by atoms with van der Waals surface area (Å²) in [5.41, 5.74) is 4.38. The molecular formula is C41H68N6O6. The summed E-state index contributed by atoms with van der Waals surface area (Å²) >= 11 is 0. The van der Waals surface area contributed by atoms with E-state index in [1.807, 2.05) is 20.8 Å². The predicted octanol–water partition coefficient (Wildman–Crippen LogP) is 4.29. The van der Waals surface area contributed by atoms with Gasteiger partial charge in [0.15, 0.2) is 0 Å². The Hall–Kier alpha value is -2.73. The van der Waals surface area contributed by atoms with Crippen LogP contribution in [-0.4, -0.2) is 102 Å². The fraction of sp³-hybridized carbons (Fsp3) is 0.878. The van der Waals surface area contributed by atoms with Gasteiger partial charge >= 0.3 is 6.03 Å². The third-order valence-corrected chi connectivity index (χ3v) is 15.2. The van der Waals surface area contributed by atoms with Gasteiger partial charge in [-0.1, -0.05) is 79.6 Å². The number of hydrogen-bond acceptors (Lipinski definition) is 7. The summed E-state index contributed by atoms with van der Waals surface area (Å²) in [6.07, 6.45) is 12.7. The zero-order chi connectivity index (χ0) is 38.6. The van der Waals surface area contributed by atoms with E-state index in [-0.39, 0.29) is 45.7 Å². The Morgan fingerprint density at radius 2 is 1.55 bits per heavy atom. The van der Waals surface area contributed by atoms with Crippen molar-refractivity contribution in [3.63, 3.8) is 0 Å². The molecule has 4 aliphatic carbocycles. The molecule has 0 bridgehead atoms. The van der Waals surface area contributed by atoms with Crippen molar-refractivity contribution in [2.45, 2.75) is 162 Å². The Morgan fingerprint density at radius 3 is 2.08 bits per heavy atom. The number of nitrogens with zero attached hydrogens (tertiary/aromatic N) is 2. The number of ketones is 1. The molecule has 2 heterocycles. The van der Waals surface area contributed by atoms with E-state index >= 15 is 0 Å². The van der Waals surface area contributed by atoms with Crippen molar-refractivity contribution in [3.05, 3.63) is 0 Å². The first-order valence-electron chi connectivity index (χ1n) is 20.7. The fourth-order valence-corrected chi connectivity index (χ4v) is 11.3. The quantitative estimate of drug-likeness (QED) is 0.217. The molecule has 0 aromatic rings. The van der Waals surface area contributed by atoms with Crippen LogP contribution in [0, 0.1) is 33.5 Å². The second-order valence-electron chi connectivity index (χ2n) is 19.9. The van der Waals surface area contributed by atoms with E-state index in [0.29, 0.717) is 45.1 Å². The molecule has 2 saturated heterocycles. The number of amides is 5.